The summed E-state index contributed by atoms with van der Waals surface area (Å²) < 4.78 is 14.7. The molecule has 1 saturated heterocycles. The van der Waals surface area contributed by atoms with Crippen molar-refractivity contribution < 1.29 is 14.6 Å². The summed E-state index contributed by atoms with van der Waals surface area (Å²) in [5.41, 5.74) is 1.32. The minimum Gasteiger partial charge on any atom is -0.396 e. The molecule has 0 amide bonds. The number of aromatic nitrogens is 5. The van der Waals surface area contributed by atoms with Crippen LogP contribution in [0.25, 0.3) is 11.2 Å². The molecule has 2 aromatic rings. The second-order valence-electron chi connectivity index (χ2n) is 7.52. The number of rotatable bonds is 6. The van der Waals surface area contributed by atoms with Crippen LogP contribution in [0.4, 0.5) is 0 Å². The molecule has 3 heterocycles. The summed E-state index contributed by atoms with van der Waals surface area (Å²) in [4.78, 5) is 9.21. The first-order chi connectivity index (χ1) is 12.9. The van der Waals surface area contributed by atoms with E-state index in [2.05, 4.69) is 38.1 Å². The van der Waals surface area contributed by atoms with Crippen LogP contribution >= 0.6 is 27.7 Å². The lowest BCUT2D eigenvalue weighted by atomic mass is 10.1. The lowest BCUT2D eigenvalue weighted by Crippen LogP contribution is -2.28. The largest absolute Gasteiger partial charge is 0.396 e. The maximum Gasteiger partial charge on any atom is 0.190 e. The van der Waals surface area contributed by atoms with Gasteiger partial charge in [0, 0.05) is 18.3 Å². The van der Waals surface area contributed by atoms with E-state index in [1.165, 1.54) is 0 Å². The molecule has 1 aliphatic carbocycles. The summed E-state index contributed by atoms with van der Waals surface area (Å²) in [6.45, 7) is 6.02. The standard InChI is InChI=1S/C17H24BrN5O3S/c1-4-5-6-27-16-19-14(18)11-15(20-16)23(22-21-11)10-7-9(8-24)12-13(10)26-17(2,3)25-12/h9-10,12-13,24H,4-8H2,1-3H3/t9-,10-,12-,13+/m1/s1. The number of fused-ring (bicyclic) bond motifs is 2. The molecule has 0 spiro atoms. The second-order valence-corrected chi connectivity index (χ2v) is 9.33. The first-order valence-electron chi connectivity index (χ1n) is 9.31. The lowest BCUT2D eigenvalue weighted by molar-refractivity contribution is -0.162. The Bertz CT molecular complexity index is 832. The number of hydrogen-bond donors (Lipinski definition) is 1. The van der Waals surface area contributed by atoms with Crippen LogP contribution in [0.5, 0.6) is 0 Å². The second kappa shape index (κ2) is 7.55. The van der Waals surface area contributed by atoms with Crippen LogP contribution in [0.15, 0.2) is 9.76 Å². The van der Waals surface area contributed by atoms with Crippen LogP contribution in [-0.4, -0.2) is 60.4 Å². The Morgan fingerprint density at radius 2 is 2.07 bits per heavy atom. The number of halogens is 1. The van der Waals surface area contributed by atoms with Gasteiger partial charge in [-0.05, 0) is 42.6 Å². The highest BCUT2D eigenvalue weighted by Gasteiger charge is 2.55. The van der Waals surface area contributed by atoms with E-state index in [1.807, 2.05) is 18.5 Å². The van der Waals surface area contributed by atoms with Crippen LogP contribution in [0.3, 0.4) is 0 Å². The fourth-order valence-electron chi connectivity index (χ4n) is 3.85. The third-order valence-corrected chi connectivity index (χ3v) is 6.58. The molecule has 148 valence electrons. The van der Waals surface area contributed by atoms with Crippen molar-refractivity contribution in [3.8, 4) is 0 Å². The van der Waals surface area contributed by atoms with Crippen molar-refractivity contribution in [2.45, 2.75) is 69.2 Å². The van der Waals surface area contributed by atoms with Gasteiger partial charge in [-0.3, -0.25) is 0 Å². The van der Waals surface area contributed by atoms with Crippen molar-refractivity contribution >= 4 is 38.9 Å². The Kier molecular flexibility index (Phi) is 5.45. The average molecular weight is 458 g/mol. The SMILES string of the molecule is CCCCSc1nc(Br)c2nnn([C@@H]3C[C@H](CO)[C@H]4OC(C)(C)O[C@H]43)c2n1. The summed E-state index contributed by atoms with van der Waals surface area (Å²) in [5.74, 6) is 0.306. The van der Waals surface area contributed by atoms with Gasteiger partial charge in [0.25, 0.3) is 0 Å². The molecule has 1 aliphatic heterocycles. The monoisotopic (exact) mass is 457 g/mol. The van der Waals surface area contributed by atoms with E-state index in [9.17, 15) is 5.11 Å². The minimum atomic E-state index is -0.672. The van der Waals surface area contributed by atoms with Gasteiger partial charge in [0.1, 0.15) is 10.7 Å². The molecule has 4 rings (SSSR count). The fraction of sp³-hybridized carbons (Fsp3) is 0.765. The number of aliphatic hydroxyl groups excluding tert-OH is 1. The number of unbranched alkanes of at least 4 members (excludes halogenated alkanes) is 1. The first-order valence-corrected chi connectivity index (χ1v) is 11.1. The summed E-state index contributed by atoms with van der Waals surface area (Å²) in [6.07, 6.45) is 2.62. The zero-order valence-electron chi connectivity index (χ0n) is 15.6. The van der Waals surface area contributed by atoms with Gasteiger partial charge in [0.2, 0.25) is 0 Å². The number of hydrogen-bond acceptors (Lipinski definition) is 8. The van der Waals surface area contributed by atoms with E-state index >= 15 is 0 Å². The molecule has 1 N–H and O–H groups in total. The first kappa shape index (κ1) is 19.5. The van der Waals surface area contributed by atoms with Crippen LogP contribution in [0.1, 0.15) is 46.1 Å². The molecule has 0 bridgehead atoms. The van der Waals surface area contributed by atoms with Gasteiger partial charge in [0.05, 0.1) is 12.1 Å². The van der Waals surface area contributed by atoms with E-state index in [4.69, 9.17) is 14.5 Å². The lowest BCUT2D eigenvalue weighted by Gasteiger charge is -2.23. The molecule has 10 heteroatoms. The average Bonchev–Trinajstić information content (AvgIpc) is 3.26. The third-order valence-electron chi connectivity index (χ3n) is 5.09. The molecule has 1 saturated carbocycles. The fourth-order valence-corrected chi connectivity index (χ4v) is 5.31. The molecule has 0 aromatic carbocycles. The Hall–Kier alpha value is -0.810. The number of ether oxygens (including phenoxy) is 2. The molecule has 0 unspecified atom stereocenters. The van der Waals surface area contributed by atoms with Gasteiger partial charge in [-0.1, -0.05) is 30.3 Å². The predicted molar refractivity (Wildman–Crippen MR) is 105 cm³/mol. The Morgan fingerprint density at radius 3 is 2.81 bits per heavy atom. The highest BCUT2D eigenvalue weighted by atomic mass is 79.9. The van der Waals surface area contributed by atoms with Crippen LogP contribution in [0, 0.1) is 5.92 Å². The van der Waals surface area contributed by atoms with Gasteiger partial charge in [-0.25, -0.2) is 14.6 Å². The van der Waals surface area contributed by atoms with Crippen LogP contribution in [-0.2, 0) is 9.47 Å². The highest BCUT2D eigenvalue weighted by Crippen LogP contribution is 2.47. The number of aliphatic hydroxyl groups is 1. The quantitative estimate of drug-likeness (QED) is 0.306. The van der Waals surface area contributed by atoms with E-state index in [-0.39, 0.29) is 30.8 Å². The molecule has 2 aliphatic rings. The summed E-state index contributed by atoms with van der Waals surface area (Å²) in [7, 11) is 0. The van der Waals surface area contributed by atoms with Crippen LogP contribution < -0.4 is 0 Å². The van der Waals surface area contributed by atoms with Gasteiger partial charge in [-0.2, -0.15) is 0 Å². The summed E-state index contributed by atoms with van der Waals surface area (Å²) in [6, 6.07) is -0.0887. The van der Waals surface area contributed by atoms with E-state index in [1.54, 1.807) is 11.8 Å². The molecule has 0 radical (unpaired) electrons. The van der Waals surface area contributed by atoms with E-state index in [0.29, 0.717) is 27.3 Å². The van der Waals surface area contributed by atoms with Crippen molar-refractivity contribution in [1.82, 2.24) is 25.0 Å². The maximum atomic E-state index is 9.80. The summed E-state index contributed by atoms with van der Waals surface area (Å²) in [5, 5.41) is 19.1. The topological polar surface area (TPSA) is 95.2 Å². The Balaban J connectivity index is 1.69. The van der Waals surface area contributed by atoms with Gasteiger partial charge < -0.3 is 14.6 Å². The van der Waals surface area contributed by atoms with Crippen LogP contribution in [0.2, 0.25) is 0 Å². The number of nitrogens with zero attached hydrogens (tertiary/aromatic N) is 5. The zero-order chi connectivity index (χ0) is 19.2. The molecule has 2 fully saturated rings. The Labute approximate surface area is 170 Å². The van der Waals surface area contributed by atoms with E-state index < -0.39 is 5.79 Å². The molecule has 27 heavy (non-hydrogen) atoms. The van der Waals surface area contributed by atoms with E-state index in [0.717, 1.165) is 18.6 Å². The van der Waals surface area contributed by atoms with Crippen molar-refractivity contribution in [2.24, 2.45) is 5.92 Å². The predicted octanol–water partition coefficient (Wildman–Crippen LogP) is 2.95. The highest BCUT2D eigenvalue weighted by molar-refractivity contribution is 9.10. The minimum absolute atomic E-state index is 0.00435. The van der Waals surface area contributed by atoms with Crippen molar-refractivity contribution in [3.05, 3.63) is 4.60 Å². The molecular weight excluding hydrogens is 434 g/mol. The molecule has 2 aromatic heterocycles. The van der Waals surface area contributed by atoms with Crippen molar-refractivity contribution in [2.75, 3.05) is 12.4 Å². The number of thioether (sulfide) groups is 1. The van der Waals surface area contributed by atoms with Gasteiger partial charge in [-0.15, -0.1) is 5.10 Å². The van der Waals surface area contributed by atoms with Gasteiger partial charge in [0.15, 0.2) is 22.1 Å². The smallest absolute Gasteiger partial charge is 0.190 e. The molecule has 8 nitrogen and oxygen atoms in total. The maximum absolute atomic E-state index is 9.80. The summed E-state index contributed by atoms with van der Waals surface area (Å²) >= 11 is 5.14. The van der Waals surface area contributed by atoms with Crippen molar-refractivity contribution in [3.63, 3.8) is 0 Å². The van der Waals surface area contributed by atoms with Gasteiger partial charge >= 0.3 is 0 Å². The van der Waals surface area contributed by atoms with Crippen molar-refractivity contribution in [1.29, 1.82) is 0 Å². The Morgan fingerprint density at radius 1 is 1.30 bits per heavy atom. The zero-order valence-corrected chi connectivity index (χ0v) is 18.0. The third kappa shape index (κ3) is 3.62. The molecule has 4 atom stereocenters. The normalized spacial score (nSPS) is 29.5. The molecular formula is C17H24BrN5O3S.